The molecule has 0 spiro atoms. The van der Waals surface area contributed by atoms with Gasteiger partial charge in [0.2, 0.25) is 11.8 Å². The van der Waals surface area contributed by atoms with Gasteiger partial charge in [-0.1, -0.05) is 11.9 Å². The minimum absolute atomic E-state index is 0.0690. The zero-order chi connectivity index (χ0) is 23.0. The predicted octanol–water partition coefficient (Wildman–Crippen LogP) is 2.32. The van der Waals surface area contributed by atoms with Crippen LogP contribution in [0, 0.1) is 11.7 Å². The Labute approximate surface area is 192 Å². The van der Waals surface area contributed by atoms with Crippen molar-refractivity contribution in [1.82, 2.24) is 29.3 Å². The first-order chi connectivity index (χ1) is 16.0. The number of pyridine rings is 1. The monoisotopic (exact) mass is 468 g/mol. The number of aromatic nitrogens is 5. The molecule has 2 saturated heterocycles. The smallest absolute Gasteiger partial charge is 0.275 e. The van der Waals surface area contributed by atoms with Crippen molar-refractivity contribution in [3.8, 4) is 5.88 Å². The second-order valence-electron chi connectivity index (χ2n) is 7.62. The highest BCUT2D eigenvalue weighted by molar-refractivity contribution is 7.97. The molecule has 11 nitrogen and oxygen atoms in total. The number of hydrogen-bond donors (Lipinski definition) is 1. The van der Waals surface area contributed by atoms with E-state index in [1.54, 1.807) is 18.3 Å². The summed E-state index contributed by atoms with van der Waals surface area (Å²) in [6.45, 7) is 1.02. The number of hydrogen-bond acceptors (Lipinski definition) is 10. The molecule has 3 aromatic rings. The number of nitrogens with one attached hydrogen (secondary N) is 2. The highest BCUT2D eigenvalue weighted by atomic mass is 32.2. The second-order valence-corrected chi connectivity index (χ2v) is 8.58. The molecule has 33 heavy (non-hydrogen) atoms. The fourth-order valence-corrected chi connectivity index (χ4v) is 5.34. The number of rotatable bonds is 5. The Bertz CT molecular complexity index is 1170. The average molecular weight is 468 g/mol. The average Bonchev–Trinajstić information content (AvgIpc) is 3.37. The summed E-state index contributed by atoms with van der Waals surface area (Å²) in [6.07, 6.45) is 6.57. The Morgan fingerprint density at radius 2 is 2.06 bits per heavy atom. The van der Waals surface area contributed by atoms with Crippen molar-refractivity contribution in [2.75, 3.05) is 36.2 Å². The number of nitrogens with zero attached hydrogens (tertiary/aromatic N) is 7. The molecule has 3 aromatic heterocycles. The van der Waals surface area contributed by atoms with Gasteiger partial charge in [-0.15, -0.1) is 0 Å². The summed E-state index contributed by atoms with van der Waals surface area (Å²) in [4.78, 5) is 35.4. The first kappa shape index (κ1) is 21.4. The van der Waals surface area contributed by atoms with Crippen LogP contribution in [0.15, 0.2) is 43.1 Å². The van der Waals surface area contributed by atoms with Gasteiger partial charge in [-0.3, -0.25) is 9.78 Å². The van der Waals surface area contributed by atoms with Gasteiger partial charge in [0.1, 0.15) is 5.69 Å². The van der Waals surface area contributed by atoms with Crippen LogP contribution in [0.5, 0.6) is 5.88 Å². The van der Waals surface area contributed by atoms with E-state index in [2.05, 4.69) is 30.2 Å². The third-order valence-electron chi connectivity index (χ3n) is 5.74. The Morgan fingerprint density at radius 3 is 2.79 bits per heavy atom. The molecular formula is C20H19FN9O2S-. The molecule has 2 fully saturated rings. The van der Waals surface area contributed by atoms with Crippen LogP contribution in [0.1, 0.15) is 16.2 Å². The maximum atomic E-state index is 13.3. The van der Waals surface area contributed by atoms with Crippen LogP contribution < -0.4 is 15.0 Å². The number of carbonyl (C=O) groups excluding carboxylic acids is 1. The molecule has 0 saturated carbocycles. The third-order valence-corrected chi connectivity index (χ3v) is 6.87. The minimum atomic E-state index is -0.733. The molecule has 170 valence electrons. The molecule has 0 aliphatic carbocycles. The number of ether oxygens (including phenoxy) is 1. The summed E-state index contributed by atoms with van der Waals surface area (Å²) >= 11 is 1.42. The van der Waals surface area contributed by atoms with Crippen molar-refractivity contribution in [2.45, 2.75) is 5.54 Å². The van der Waals surface area contributed by atoms with Crippen molar-refractivity contribution in [1.29, 1.82) is 0 Å². The van der Waals surface area contributed by atoms with Crippen LogP contribution in [-0.4, -0.2) is 61.2 Å². The fourth-order valence-electron chi connectivity index (χ4n) is 4.10. The van der Waals surface area contributed by atoms with Crippen LogP contribution in [0.4, 0.5) is 16.0 Å². The molecule has 0 aromatic carbocycles. The summed E-state index contributed by atoms with van der Waals surface area (Å²) in [6, 6.07) is 3.44. The number of anilines is 2. The Hall–Kier alpha value is -3.42. The first-order valence-corrected chi connectivity index (χ1v) is 10.9. The van der Waals surface area contributed by atoms with Gasteiger partial charge in [0, 0.05) is 36.6 Å². The van der Waals surface area contributed by atoms with Crippen LogP contribution in [0.2, 0.25) is 0 Å². The van der Waals surface area contributed by atoms with E-state index in [1.807, 2.05) is 4.90 Å². The standard InChI is InChI=1S/C20H19FN9O2S/c1-32-17-8-24-15(7-25-17)18(31)28-14-2-3-23-16(4-14)20-11-29(9-12(20)10-33-30(20)22)19-26-5-13(21)6-27-19/h2-8,12,22H,9-11H2,1H3,(H,23,28,31)/q-1/t12-,20-/m0/s1. The van der Waals surface area contributed by atoms with Gasteiger partial charge in [0.25, 0.3) is 5.91 Å². The van der Waals surface area contributed by atoms with Gasteiger partial charge < -0.3 is 25.2 Å². The number of fused-ring (bicyclic) bond motifs is 1. The molecule has 2 atom stereocenters. The second kappa shape index (κ2) is 8.50. The third kappa shape index (κ3) is 3.83. The van der Waals surface area contributed by atoms with Gasteiger partial charge in [-0.05, 0) is 12.1 Å². The van der Waals surface area contributed by atoms with Crippen molar-refractivity contribution in [3.63, 3.8) is 0 Å². The van der Waals surface area contributed by atoms with Gasteiger partial charge in [0.05, 0.1) is 43.1 Å². The number of amides is 1. The van der Waals surface area contributed by atoms with E-state index in [-0.39, 0.29) is 11.6 Å². The summed E-state index contributed by atoms with van der Waals surface area (Å²) in [5.74, 6) is 9.22. The van der Waals surface area contributed by atoms with Crippen molar-refractivity contribution in [2.24, 2.45) is 5.92 Å². The lowest BCUT2D eigenvalue weighted by atomic mass is 9.85. The van der Waals surface area contributed by atoms with E-state index in [9.17, 15) is 9.18 Å². The van der Waals surface area contributed by atoms with Crippen molar-refractivity contribution < 1.29 is 13.9 Å². The minimum Gasteiger partial charge on any atom is -0.598 e. The summed E-state index contributed by atoms with van der Waals surface area (Å²) in [7, 11) is 1.47. The summed E-state index contributed by atoms with van der Waals surface area (Å²) in [5, 5.41) is 2.81. The molecule has 0 bridgehead atoms. The van der Waals surface area contributed by atoms with Crippen molar-refractivity contribution >= 4 is 29.5 Å². The Kier molecular flexibility index (Phi) is 5.52. The molecule has 0 radical (unpaired) electrons. The van der Waals surface area contributed by atoms with Gasteiger partial charge in [-0.25, -0.2) is 24.3 Å². The van der Waals surface area contributed by atoms with Crippen LogP contribution in [-0.2, 0) is 5.54 Å². The molecule has 13 heteroatoms. The molecule has 2 N–H and O–H groups in total. The SMILES string of the molecule is COc1cnc(C(=O)Nc2ccnc([C@]34CN(c5ncc(F)cn5)C[C@H]3CSN4[NH-])c2)cn1. The van der Waals surface area contributed by atoms with E-state index < -0.39 is 17.3 Å². The zero-order valence-electron chi connectivity index (χ0n) is 17.5. The van der Waals surface area contributed by atoms with Crippen LogP contribution in [0.25, 0.3) is 5.84 Å². The summed E-state index contributed by atoms with van der Waals surface area (Å²) in [5.41, 5.74) is 0.584. The fraction of sp³-hybridized carbons (Fsp3) is 0.300. The first-order valence-electron chi connectivity index (χ1n) is 10.0. The highest BCUT2D eigenvalue weighted by Gasteiger charge is 2.54. The quantitative estimate of drug-likeness (QED) is 0.556. The topological polar surface area (TPSA) is 133 Å². The van der Waals surface area contributed by atoms with E-state index in [1.165, 1.54) is 35.9 Å². The lowest BCUT2D eigenvalue weighted by Gasteiger charge is -2.40. The summed E-state index contributed by atoms with van der Waals surface area (Å²) < 4.78 is 19.7. The molecule has 2 aliphatic heterocycles. The van der Waals surface area contributed by atoms with Gasteiger partial charge in [0.15, 0.2) is 5.82 Å². The lowest BCUT2D eigenvalue weighted by Crippen LogP contribution is -2.42. The predicted molar refractivity (Wildman–Crippen MR) is 119 cm³/mol. The maximum absolute atomic E-state index is 13.3. The molecule has 1 amide bonds. The molecule has 0 unspecified atom stereocenters. The van der Waals surface area contributed by atoms with Gasteiger partial charge >= 0.3 is 0 Å². The molecule has 2 aliphatic rings. The van der Waals surface area contributed by atoms with E-state index in [0.717, 1.165) is 18.1 Å². The normalized spacial score (nSPS) is 22.3. The van der Waals surface area contributed by atoms with Crippen molar-refractivity contribution in [3.05, 3.63) is 66.2 Å². The molecule has 5 heterocycles. The van der Waals surface area contributed by atoms with Crippen LogP contribution in [0.3, 0.4) is 0 Å². The van der Waals surface area contributed by atoms with E-state index in [0.29, 0.717) is 36.3 Å². The highest BCUT2D eigenvalue weighted by Crippen LogP contribution is 2.52. The Balaban J connectivity index is 1.41. The van der Waals surface area contributed by atoms with Crippen LogP contribution >= 0.6 is 11.9 Å². The molecular weight excluding hydrogens is 449 g/mol. The van der Waals surface area contributed by atoms with E-state index in [4.69, 9.17) is 10.6 Å². The van der Waals surface area contributed by atoms with Gasteiger partial charge in [-0.2, -0.15) is 0 Å². The number of methoxy groups -OCH3 is 1. The maximum Gasteiger partial charge on any atom is 0.275 e. The van der Waals surface area contributed by atoms with E-state index >= 15 is 0 Å². The molecule has 5 rings (SSSR count). The number of halogens is 1. The largest absolute Gasteiger partial charge is 0.598 e. The Morgan fingerprint density at radius 1 is 1.24 bits per heavy atom. The zero-order valence-corrected chi connectivity index (χ0v) is 18.3. The number of carbonyl (C=O) groups is 1. The lowest BCUT2D eigenvalue weighted by molar-refractivity contribution is 0.102.